The van der Waals surface area contributed by atoms with Gasteiger partial charge in [-0.05, 0) is 52.5 Å². The van der Waals surface area contributed by atoms with Crippen molar-refractivity contribution in [2.75, 3.05) is 13.1 Å². The molecule has 2 aliphatic rings. The molecule has 5 heteroatoms. The molecule has 144 valence electrons. The summed E-state index contributed by atoms with van der Waals surface area (Å²) in [5.41, 5.74) is 0.184. The van der Waals surface area contributed by atoms with Crippen molar-refractivity contribution in [3.63, 3.8) is 0 Å². The third-order valence-corrected chi connectivity index (χ3v) is 5.81. The Morgan fingerprint density at radius 3 is 2.46 bits per heavy atom. The zero-order valence-electron chi connectivity index (χ0n) is 16.3. The molecule has 26 heavy (non-hydrogen) atoms. The molecule has 1 N–H and O–H groups in total. The molecule has 1 aromatic rings. The second kappa shape index (κ2) is 7.18. The van der Waals surface area contributed by atoms with E-state index in [4.69, 9.17) is 4.74 Å². The van der Waals surface area contributed by atoms with Crippen LogP contribution in [0.1, 0.15) is 58.6 Å². The number of rotatable bonds is 4. The normalized spacial score (nSPS) is 26.8. The highest BCUT2D eigenvalue weighted by Crippen LogP contribution is 2.45. The van der Waals surface area contributed by atoms with Crippen molar-refractivity contribution in [3.8, 4) is 0 Å². The fourth-order valence-electron chi connectivity index (χ4n) is 4.23. The molecule has 1 aliphatic carbocycles. The maximum atomic E-state index is 15.0. The van der Waals surface area contributed by atoms with Crippen molar-refractivity contribution >= 4 is 6.09 Å². The minimum absolute atomic E-state index is 0.165. The number of halogens is 1. The van der Waals surface area contributed by atoms with Gasteiger partial charge in [0.15, 0.2) is 0 Å². The predicted molar refractivity (Wildman–Crippen MR) is 101 cm³/mol. The van der Waals surface area contributed by atoms with Gasteiger partial charge in [-0.15, -0.1) is 0 Å². The summed E-state index contributed by atoms with van der Waals surface area (Å²) in [6.07, 6.45) is 1.30. The molecule has 0 bridgehead atoms. The zero-order valence-corrected chi connectivity index (χ0v) is 16.3. The molecule has 0 aromatic heterocycles. The summed E-state index contributed by atoms with van der Waals surface area (Å²) < 4.78 is 20.4. The largest absolute Gasteiger partial charge is 0.444 e. The molecule has 1 saturated carbocycles. The van der Waals surface area contributed by atoms with E-state index in [0.29, 0.717) is 13.1 Å². The smallest absolute Gasteiger partial charge is 0.408 e. The number of carbonyl (C=O) groups is 1. The second-order valence-corrected chi connectivity index (χ2v) is 8.80. The first-order valence-electron chi connectivity index (χ1n) is 9.64. The predicted octanol–water partition coefficient (Wildman–Crippen LogP) is 4.46. The van der Waals surface area contributed by atoms with E-state index < -0.39 is 23.4 Å². The van der Waals surface area contributed by atoms with Crippen molar-refractivity contribution in [1.29, 1.82) is 0 Å². The molecule has 3 rings (SSSR count). The number of alkyl carbamates (subject to hydrolysis) is 1. The van der Waals surface area contributed by atoms with Crippen LogP contribution in [0.2, 0.25) is 0 Å². The van der Waals surface area contributed by atoms with E-state index in [9.17, 15) is 9.18 Å². The number of hydrogen-bond acceptors (Lipinski definition) is 3. The average molecular weight is 362 g/mol. The number of amides is 1. The molecule has 1 saturated heterocycles. The summed E-state index contributed by atoms with van der Waals surface area (Å²) in [7, 11) is 0. The van der Waals surface area contributed by atoms with Gasteiger partial charge in [0, 0.05) is 25.0 Å². The minimum Gasteiger partial charge on any atom is -0.444 e. The number of ether oxygens (including phenoxy) is 1. The van der Waals surface area contributed by atoms with Crippen LogP contribution in [-0.4, -0.2) is 41.4 Å². The van der Waals surface area contributed by atoms with E-state index in [1.165, 1.54) is 5.56 Å². The first-order chi connectivity index (χ1) is 12.2. The van der Waals surface area contributed by atoms with Gasteiger partial charge >= 0.3 is 6.09 Å². The maximum absolute atomic E-state index is 15.0. The summed E-state index contributed by atoms with van der Waals surface area (Å²) in [6, 6.07) is 10.4. The Bertz CT molecular complexity index is 625. The molecule has 0 unspecified atom stereocenters. The monoisotopic (exact) mass is 362 g/mol. The van der Waals surface area contributed by atoms with Gasteiger partial charge in [0.05, 0.1) is 5.54 Å². The van der Waals surface area contributed by atoms with Gasteiger partial charge in [0.25, 0.3) is 0 Å². The van der Waals surface area contributed by atoms with Crippen LogP contribution in [0, 0.1) is 5.92 Å². The van der Waals surface area contributed by atoms with Crippen LogP contribution in [0.5, 0.6) is 0 Å². The highest BCUT2D eigenvalue weighted by atomic mass is 19.1. The number of benzene rings is 1. The molecule has 1 aliphatic heterocycles. The van der Waals surface area contributed by atoms with E-state index in [0.717, 1.165) is 19.3 Å². The Kier molecular flexibility index (Phi) is 5.29. The number of hydrogen-bond donors (Lipinski definition) is 1. The number of nitrogens with one attached hydrogen (secondary N) is 1. The summed E-state index contributed by atoms with van der Waals surface area (Å²) >= 11 is 0. The molecule has 1 amide bonds. The topological polar surface area (TPSA) is 41.6 Å². The lowest BCUT2D eigenvalue weighted by Crippen LogP contribution is -2.61. The van der Waals surface area contributed by atoms with Crippen molar-refractivity contribution in [1.82, 2.24) is 10.2 Å². The third-order valence-electron chi connectivity index (χ3n) is 5.81. The maximum Gasteiger partial charge on any atom is 0.408 e. The van der Waals surface area contributed by atoms with Gasteiger partial charge in [-0.3, -0.25) is 4.90 Å². The Labute approximate surface area is 156 Å². The lowest BCUT2D eigenvalue weighted by molar-refractivity contribution is 0.0195. The molecule has 1 aromatic carbocycles. The average Bonchev–Trinajstić information content (AvgIpc) is 2.91. The highest BCUT2D eigenvalue weighted by molar-refractivity contribution is 5.69. The first-order valence-corrected chi connectivity index (χ1v) is 9.64. The standard InChI is InChI=1S/C21H31FN2O2/c1-15(16-9-6-5-7-10-16)24-13-17(18(22)14-24)21(11-8-12-21)23-19(25)26-20(2,3)4/h5-7,9-10,15,17-18H,8,11-14H2,1-4H3,(H,23,25)/t15-,17+,18-/m0/s1. The van der Waals surface area contributed by atoms with Crippen molar-refractivity contribution < 1.29 is 13.9 Å². The fraction of sp³-hybridized carbons (Fsp3) is 0.667. The van der Waals surface area contributed by atoms with Crippen LogP contribution in [0.15, 0.2) is 30.3 Å². The lowest BCUT2D eigenvalue weighted by atomic mass is 9.67. The Hall–Kier alpha value is -1.62. The van der Waals surface area contributed by atoms with E-state index >= 15 is 0 Å². The van der Waals surface area contributed by atoms with Crippen LogP contribution in [0.4, 0.5) is 9.18 Å². The Morgan fingerprint density at radius 1 is 1.27 bits per heavy atom. The zero-order chi connectivity index (χ0) is 18.9. The van der Waals surface area contributed by atoms with Gasteiger partial charge in [-0.25, -0.2) is 9.18 Å². The van der Waals surface area contributed by atoms with Gasteiger partial charge in [-0.2, -0.15) is 0 Å². The molecular weight excluding hydrogens is 331 g/mol. The molecule has 0 radical (unpaired) electrons. The SMILES string of the molecule is C[C@@H](c1ccccc1)N1C[C@@H](C2(NC(=O)OC(C)(C)C)CCC2)[C@@H](F)C1. The van der Waals surface area contributed by atoms with Crippen molar-refractivity contribution in [3.05, 3.63) is 35.9 Å². The quantitative estimate of drug-likeness (QED) is 0.859. The van der Waals surface area contributed by atoms with Crippen LogP contribution < -0.4 is 5.32 Å². The third kappa shape index (κ3) is 4.03. The number of carbonyl (C=O) groups excluding carboxylic acids is 1. The van der Waals surface area contributed by atoms with E-state index in [2.05, 4.69) is 29.3 Å². The second-order valence-electron chi connectivity index (χ2n) is 8.80. The van der Waals surface area contributed by atoms with Crippen LogP contribution in [0.25, 0.3) is 0 Å². The number of nitrogens with zero attached hydrogens (tertiary/aromatic N) is 1. The summed E-state index contributed by atoms with van der Waals surface area (Å²) in [6.45, 7) is 8.73. The number of likely N-dealkylation sites (tertiary alicyclic amines) is 1. The molecule has 0 spiro atoms. The van der Waals surface area contributed by atoms with Crippen LogP contribution in [-0.2, 0) is 4.74 Å². The number of alkyl halides is 1. The summed E-state index contributed by atoms with van der Waals surface area (Å²) in [5, 5.41) is 3.03. The fourth-order valence-corrected chi connectivity index (χ4v) is 4.23. The molecule has 1 heterocycles. The minimum atomic E-state index is -0.934. The van der Waals surface area contributed by atoms with Crippen LogP contribution >= 0.6 is 0 Å². The van der Waals surface area contributed by atoms with Gasteiger partial charge < -0.3 is 10.1 Å². The van der Waals surface area contributed by atoms with Crippen molar-refractivity contribution in [2.45, 2.75) is 70.3 Å². The lowest BCUT2D eigenvalue weighted by Gasteiger charge is -2.47. The van der Waals surface area contributed by atoms with Gasteiger partial charge in [0.2, 0.25) is 0 Å². The Morgan fingerprint density at radius 2 is 1.92 bits per heavy atom. The molecule has 4 nitrogen and oxygen atoms in total. The highest BCUT2D eigenvalue weighted by Gasteiger charge is 2.53. The summed E-state index contributed by atoms with van der Waals surface area (Å²) in [5.74, 6) is -0.185. The van der Waals surface area contributed by atoms with Crippen LogP contribution in [0.3, 0.4) is 0 Å². The van der Waals surface area contributed by atoms with Gasteiger partial charge in [0.1, 0.15) is 11.8 Å². The molecule has 3 atom stereocenters. The van der Waals surface area contributed by atoms with Gasteiger partial charge in [-0.1, -0.05) is 30.3 Å². The van der Waals surface area contributed by atoms with E-state index in [1.54, 1.807) is 0 Å². The summed E-state index contributed by atoms with van der Waals surface area (Å²) in [4.78, 5) is 14.5. The molecular formula is C21H31FN2O2. The molecule has 2 fully saturated rings. The van der Waals surface area contributed by atoms with E-state index in [-0.39, 0.29) is 12.0 Å². The van der Waals surface area contributed by atoms with E-state index in [1.807, 2.05) is 39.0 Å². The van der Waals surface area contributed by atoms with Crippen molar-refractivity contribution in [2.24, 2.45) is 5.92 Å². The first kappa shape index (κ1) is 19.2. The Balaban J connectivity index is 1.68.